The lowest BCUT2D eigenvalue weighted by molar-refractivity contribution is -0.143. The van der Waals surface area contributed by atoms with Gasteiger partial charge in [-0.15, -0.1) is 0 Å². The molecular formula is C10H10BrFO4S. The summed E-state index contributed by atoms with van der Waals surface area (Å²) in [7, 11) is -3.41. The molecular weight excluding hydrogens is 315 g/mol. The summed E-state index contributed by atoms with van der Waals surface area (Å²) in [5.41, 5.74) is -0.0978. The fourth-order valence-electron chi connectivity index (χ4n) is 1.23. The van der Waals surface area contributed by atoms with Crippen molar-refractivity contribution < 1.29 is 22.7 Å². The van der Waals surface area contributed by atoms with Crippen LogP contribution in [0.5, 0.6) is 0 Å². The molecule has 0 bridgehead atoms. The predicted molar refractivity (Wildman–Crippen MR) is 63.4 cm³/mol. The van der Waals surface area contributed by atoms with Crippen LogP contribution in [0.1, 0.15) is 18.7 Å². The number of rotatable bonds is 4. The van der Waals surface area contributed by atoms with Gasteiger partial charge in [0.25, 0.3) is 0 Å². The van der Waals surface area contributed by atoms with Crippen molar-refractivity contribution in [3.63, 3.8) is 0 Å². The Morgan fingerprint density at radius 1 is 1.53 bits per heavy atom. The summed E-state index contributed by atoms with van der Waals surface area (Å²) in [5.74, 6) is -1.69. The predicted octanol–water partition coefficient (Wildman–Crippen LogP) is 2.34. The van der Waals surface area contributed by atoms with Crippen LogP contribution in [0.2, 0.25) is 0 Å². The molecule has 0 aromatic heterocycles. The molecule has 0 amide bonds. The van der Waals surface area contributed by atoms with Gasteiger partial charge in [-0.1, -0.05) is 13.0 Å². The molecule has 0 aliphatic heterocycles. The molecule has 0 spiro atoms. The average Bonchev–Trinajstić information content (AvgIpc) is 2.27. The van der Waals surface area contributed by atoms with Gasteiger partial charge < -0.3 is 5.11 Å². The van der Waals surface area contributed by atoms with Crippen LogP contribution in [0, 0.1) is 0 Å². The zero-order valence-electron chi connectivity index (χ0n) is 8.85. The maximum absolute atomic E-state index is 13.2. The Kier molecular flexibility index (Phi) is 4.26. The Balaban J connectivity index is 3.24. The minimum absolute atomic E-state index is 0.0290. The first kappa shape index (κ1) is 14.1. The number of benzene rings is 1. The molecule has 0 saturated heterocycles. The molecule has 7 heteroatoms. The number of carboxylic acids is 1. The van der Waals surface area contributed by atoms with Gasteiger partial charge in [-0.2, -0.15) is 0 Å². The van der Waals surface area contributed by atoms with Gasteiger partial charge in [-0.3, -0.25) is 0 Å². The highest BCUT2D eigenvalue weighted by molar-refractivity contribution is 9.10. The summed E-state index contributed by atoms with van der Waals surface area (Å²) in [6.45, 7) is 1.49. The van der Waals surface area contributed by atoms with E-state index in [4.69, 9.17) is 5.11 Å². The summed E-state index contributed by atoms with van der Waals surface area (Å²) in [6.07, 6.45) is -2.16. The monoisotopic (exact) mass is 324 g/mol. The van der Waals surface area contributed by atoms with Gasteiger partial charge in [0.2, 0.25) is 6.17 Å². The summed E-state index contributed by atoms with van der Waals surface area (Å²) in [4.78, 5) is 10.5. The third-order valence-corrected chi connectivity index (χ3v) is 4.89. The highest BCUT2D eigenvalue weighted by Crippen LogP contribution is 2.28. The van der Waals surface area contributed by atoms with Crippen LogP contribution < -0.4 is 0 Å². The second-order valence-corrected chi connectivity index (χ2v) is 6.40. The van der Waals surface area contributed by atoms with Gasteiger partial charge in [-0.05, 0) is 33.6 Å². The standard InChI is InChI=1S/C10H10BrFO4S/c1-2-17(15,16)8-4-3-6(5-7(8)11)9(12)10(13)14/h3-5,9H,2H2,1H3,(H,13,14). The smallest absolute Gasteiger partial charge is 0.343 e. The van der Waals surface area contributed by atoms with Gasteiger partial charge >= 0.3 is 5.97 Å². The Bertz CT molecular complexity index is 541. The third-order valence-electron chi connectivity index (χ3n) is 2.18. The minimum Gasteiger partial charge on any atom is -0.479 e. The van der Waals surface area contributed by atoms with E-state index in [1.807, 2.05) is 0 Å². The fourth-order valence-corrected chi connectivity index (χ4v) is 3.30. The minimum atomic E-state index is -3.41. The van der Waals surface area contributed by atoms with E-state index in [0.717, 1.165) is 6.07 Å². The van der Waals surface area contributed by atoms with E-state index in [9.17, 15) is 17.6 Å². The van der Waals surface area contributed by atoms with Crippen molar-refractivity contribution in [3.8, 4) is 0 Å². The Hall–Kier alpha value is -0.950. The van der Waals surface area contributed by atoms with Crippen molar-refractivity contribution in [2.75, 3.05) is 5.75 Å². The Labute approximate surface area is 107 Å². The van der Waals surface area contributed by atoms with Gasteiger partial charge in [0, 0.05) is 4.47 Å². The molecule has 1 aromatic rings. The first-order chi connectivity index (χ1) is 7.79. The Morgan fingerprint density at radius 3 is 2.53 bits per heavy atom. The third kappa shape index (κ3) is 3.04. The highest BCUT2D eigenvalue weighted by Gasteiger charge is 2.22. The molecule has 1 atom stereocenters. The molecule has 0 saturated carbocycles. The van der Waals surface area contributed by atoms with Crippen LogP contribution in [-0.4, -0.2) is 25.2 Å². The van der Waals surface area contributed by atoms with Crippen LogP contribution >= 0.6 is 15.9 Å². The highest BCUT2D eigenvalue weighted by atomic mass is 79.9. The maximum Gasteiger partial charge on any atom is 0.343 e. The molecule has 94 valence electrons. The van der Waals surface area contributed by atoms with Crippen molar-refractivity contribution >= 4 is 31.7 Å². The van der Waals surface area contributed by atoms with Crippen LogP contribution in [-0.2, 0) is 14.6 Å². The number of alkyl halides is 1. The molecule has 0 radical (unpaired) electrons. The van der Waals surface area contributed by atoms with Gasteiger partial charge in [0.15, 0.2) is 9.84 Å². The maximum atomic E-state index is 13.2. The van der Waals surface area contributed by atoms with Crippen molar-refractivity contribution in [2.45, 2.75) is 18.0 Å². The number of hydrogen-bond donors (Lipinski definition) is 1. The lowest BCUT2D eigenvalue weighted by atomic mass is 10.1. The molecule has 0 fully saturated rings. The van der Waals surface area contributed by atoms with E-state index in [1.54, 1.807) is 0 Å². The normalized spacial score (nSPS) is 13.4. The number of hydrogen-bond acceptors (Lipinski definition) is 3. The number of carboxylic acid groups (broad SMARTS) is 1. The van der Waals surface area contributed by atoms with Crippen LogP contribution in [0.4, 0.5) is 4.39 Å². The average molecular weight is 325 g/mol. The van der Waals surface area contributed by atoms with Crippen molar-refractivity contribution in [3.05, 3.63) is 28.2 Å². The zero-order valence-corrected chi connectivity index (χ0v) is 11.3. The quantitative estimate of drug-likeness (QED) is 0.922. The number of halogens is 2. The van der Waals surface area contributed by atoms with E-state index in [2.05, 4.69) is 15.9 Å². The second kappa shape index (κ2) is 5.14. The topological polar surface area (TPSA) is 71.4 Å². The van der Waals surface area contributed by atoms with E-state index >= 15 is 0 Å². The summed E-state index contributed by atoms with van der Waals surface area (Å²) in [6, 6.07) is 3.53. The molecule has 0 aliphatic rings. The summed E-state index contributed by atoms with van der Waals surface area (Å²) >= 11 is 3.00. The van der Waals surface area contributed by atoms with Crippen LogP contribution in [0.15, 0.2) is 27.6 Å². The van der Waals surface area contributed by atoms with E-state index in [-0.39, 0.29) is 20.7 Å². The first-order valence-corrected chi connectivity index (χ1v) is 7.13. The van der Waals surface area contributed by atoms with Crippen molar-refractivity contribution in [1.29, 1.82) is 0 Å². The van der Waals surface area contributed by atoms with E-state index in [0.29, 0.717) is 0 Å². The van der Waals surface area contributed by atoms with Crippen molar-refractivity contribution in [2.24, 2.45) is 0 Å². The molecule has 0 heterocycles. The molecule has 17 heavy (non-hydrogen) atoms. The van der Waals surface area contributed by atoms with Gasteiger partial charge in [-0.25, -0.2) is 17.6 Å². The van der Waals surface area contributed by atoms with Gasteiger partial charge in [0.1, 0.15) is 0 Å². The van der Waals surface area contributed by atoms with Gasteiger partial charge in [0.05, 0.1) is 10.6 Å². The fraction of sp³-hybridized carbons (Fsp3) is 0.300. The molecule has 0 aliphatic carbocycles. The van der Waals surface area contributed by atoms with Crippen molar-refractivity contribution in [1.82, 2.24) is 0 Å². The molecule has 1 rings (SSSR count). The van der Waals surface area contributed by atoms with E-state index in [1.165, 1.54) is 19.1 Å². The van der Waals surface area contributed by atoms with Crippen LogP contribution in [0.25, 0.3) is 0 Å². The molecule has 1 aromatic carbocycles. The Morgan fingerprint density at radius 2 is 2.12 bits per heavy atom. The summed E-state index contributed by atoms with van der Waals surface area (Å²) < 4.78 is 36.5. The zero-order chi connectivity index (χ0) is 13.2. The second-order valence-electron chi connectivity index (χ2n) is 3.29. The first-order valence-electron chi connectivity index (χ1n) is 4.68. The number of sulfone groups is 1. The SMILES string of the molecule is CCS(=O)(=O)c1ccc(C(F)C(=O)O)cc1Br. The molecule has 1 N–H and O–H groups in total. The molecule has 4 nitrogen and oxygen atoms in total. The van der Waals surface area contributed by atoms with Crippen LogP contribution in [0.3, 0.4) is 0 Å². The number of carbonyl (C=O) groups is 1. The molecule has 1 unspecified atom stereocenters. The lowest BCUT2D eigenvalue weighted by Gasteiger charge is -2.08. The largest absolute Gasteiger partial charge is 0.479 e. The van der Waals surface area contributed by atoms with E-state index < -0.39 is 22.0 Å². The summed E-state index contributed by atoms with van der Waals surface area (Å²) in [5, 5.41) is 8.49. The number of aliphatic carboxylic acids is 1. The lowest BCUT2D eigenvalue weighted by Crippen LogP contribution is -2.08.